The van der Waals surface area contributed by atoms with Crippen LogP contribution < -0.4 is 11.1 Å². The molecule has 1 amide bonds. The quantitative estimate of drug-likeness (QED) is 0.890. The number of hydrogen-bond donors (Lipinski definition) is 2. The minimum atomic E-state index is 0.204. The van der Waals surface area contributed by atoms with Gasteiger partial charge in [0.25, 0.3) is 0 Å². The van der Waals surface area contributed by atoms with E-state index in [4.69, 9.17) is 5.73 Å². The van der Waals surface area contributed by atoms with Crippen LogP contribution in [0.5, 0.6) is 0 Å². The van der Waals surface area contributed by atoms with Gasteiger partial charge >= 0.3 is 0 Å². The van der Waals surface area contributed by atoms with Crippen molar-refractivity contribution < 1.29 is 4.79 Å². The van der Waals surface area contributed by atoms with Gasteiger partial charge in [-0.1, -0.05) is 0 Å². The maximum Gasteiger partial charge on any atom is 0.224 e. The lowest BCUT2D eigenvalue weighted by Crippen LogP contribution is -2.29. The predicted octanol–water partition coefficient (Wildman–Crippen LogP) is 1.85. The van der Waals surface area contributed by atoms with E-state index < -0.39 is 0 Å². The molecule has 0 unspecified atom stereocenters. The number of carbonyl (C=O) groups excluding carboxylic acids is 1. The number of nitrogens with two attached hydrogens (primary N) is 1. The number of halogens is 1. The van der Waals surface area contributed by atoms with Crippen molar-refractivity contribution in [1.82, 2.24) is 9.88 Å². The Balaban J connectivity index is 1.79. The van der Waals surface area contributed by atoms with Crippen molar-refractivity contribution in [1.29, 1.82) is 0 Å². The lowest BCUT2D eigenvalue weighted by molar-refractivity contribution is -0.129. The van der Waals surface area contributed by atoms with Crippen LogP contribution >= 0.6 is 15.9 Å². The summed E-state index contributed by atoms with van der Waals surface area (Å²) < 4.78 is 0.846. The van der Waals surface area contributed by atoms with Gasteiger partial charge in [0.05, 0.1) is 5.69 Å². The number of hydrogen-bond acceptors (Lipinski definition) is 4. The molecule has 6 heteroatoms. The average molecular weight is 313 g/mol. The Labute approximate surface area is 115 Å². The fourth-order valence-corrected chi connectivity index (χ4v) is 2.36. The molecule has 0 spiro atoms. The zero-order chi connectivity index (χ0) is 13.0. The standard InChI is InChI=1S/C12H17BrN4O/c13-9-7-10(14)12(16-8-9)15-4-3-11(18)17-5-1-2-6-17/h7-8H,1-6,14H2,(H,15,16). The highest BCUT2D eigenvalue weighted by atomic mass is 79.9. The maximum absolute atomic E-state index is 11.8. The number of carbonyl (C=O) groups is 1. The van der Waals surface area contributed by atoms with Gasteiger partial charge in [0.2, 0.25) is 5.91 Å². The van der Waals surface area contributed by atoms with E-state index in [9.17, 15) is 4.79 Å². The van der Waals surface area contributed by atoms with Gasteiger partial charge in [-0.3, -0.25) is 4.79 Å². The molecule has 0 atom stereocenters. The van der Waals surface area contributed by atoms with Crippen molar-refractivity contribution in [3.63, 3.8) is 0 Å². The van der Waals surface area contributed by atoms with Gasteiger partial charge in [-0.25, -0.2) is 4.98 Å². The average Bonchev–Trinajstić information content (AvgIpc) is 2.85. The van der Waals surface area contributed by atoms with E-state index in [0.717, 1.165) is 30.4 Å². The van der Waals surface area contributed by atoms with Crippen molar-refractivity contribution in [2.45, 2.75) is 19.3 Å². The number of amides is 1. The SMILES string of the molecule is Nc1cc(Br)cnc1NCCC(=O)N1CCCC1. The molecule has 1 fully saturated rings. The van der Waals surface area contributed by atoms with Crippen molar-refractivity contribution in [3.05, 3.63) is 16.7 Å². The Morgan fingerprint density at radius 3 is 2.89 bits per heavy atom. The molecule has 3 N–H and O–H groups in total. The van der Waals surface area contributed by atoms with Crippen molar-refractivity contribution in [3.8, 4) is 0 Å². The number of nitrogen functional groups attached to an aromatic ring is 1. The van der Waals surface area contributed by atoms with Crippen LogP contribution in [-0.2, 0) is 4.79 Å². The maximum atomic E-state index is 11.8. The molecule has 0 aliphatic carbocycles. The van der Waals surface area contributed by atoms with Gasteiger partial charge in [0.15, 0.2) is 0 Å². The molecular formula is C12H17BrN4O. The van der Waals surface area contributed by atoms with Gasteiger partial charge in [-0.05, 0) is 34.8 Å². The molecule has 1 aromatic rings. The highest BCUT2D eigenvalue weighted by Gasteiger charge is 2.17. The van der Waals surface area contributed by atoms with Crippen LogP contribution in [0.3, 0.4) is 0 Å². The van der Waals surface area contributed by atoms with Gasteiger partial charge in [-0.15, -0.1) is 0 Å². The molecule has 1 aliphatic rings. The summed E-state index contributed by atoms with van der Waals surface area (Å²) in [6.45, 7) is 2.36. The van der Waals surface area contributed by atoms with Crippen LogP contribution in [0.25, 0.3) is 0 Å². The molecule has 1 saturated heterocycles. The van der Waals surface area contributed by atoms with Crippen molar-refractivity contribution in [2.24, 2.45) is 0 Å². The molecule has 98 valence electrons. The number of anilines is 2. The Morgan fingerprint density at radius 1 is 1.50 bits per heavy atom. The number of nitrogens with one attached hydrogen (secondary N) is 1. The number of pyridine rings is 1. The number of likely N-dealkylation sites (tertiary alicyclic amines) is 1. The van der Waals surface area contributed by atoms with Crippen molar-refractivity contribution >= 4 is 33.3 Å². The number of aromatic nitrogens is 1. The predicted molar refractivity (Wildman–Crippen MR) is 75.3 cm³/mol. The minimum Gasteiger partial charge on any atom is -0.396 e. The summed E-state index contributed by atoms with van der Waals surface area (Å²) >= 11 is 3.30. The van der Waals surface area contributed by atoms with E-state index in [1.54, 1.807) is 12.3 Å². The molecule has 5 nitrogen and oxygen atoms in total. The smallest absolute Gasteiger partial charge is 0.224 e. The van der Waals surface area contributed by atoms with Gasteiger partial charge in [0, 0.05) is 36.7 Å². The second-order valence-corrected chi connectivity index (χ2v) is 5.27. The zero-order valence-electron chi connectivity index (χ0n) is 10.2. The molecule has 0 bridgehead atoms. The molecule has 2 rings (SSSR count). The molecule has 0 saturated carbocycles. The second-order valence-electron chi connectivity index (χ2n) is 4.36. The summed E-state index contributed by atoms with van der Waals surface area (Å²) in [6.07, 6.45) is 4.42. The van der Waals surface area contributed by atoms with Gasteiger partial charge in [-0.2, -0.15) is 0 Å². The molecule has 0 aromatic carbocycles. The van der Waals surface area contributed by atoms with Crippen LogP contribution in [0.2, 0.25) is 0 Å². The summed E-state index contributed by atoms with van der Waals surface area (Å²) in [7, 11) is 0. The first-order valence-corrected chi connectivity index (χ1v) is 6.89. The van der Waals surface area contributed by atoms with Gasteiger partial charge in [0.1, 0.15) is 5.82 Å². The van der Waals surface area contributed by atoms with Crippen LogP contribution in [-0.4, -0.2) is 35.4 Å². The topological polar surface area (TPSA) is 71.2 Å². The highest BCUT2D eigenvalue weighted by molar-refractivity contribution is 9.10. The summed E-state index contributed by atoms with van der Waals surface area (Å²) in [5.74, 6) is 0.836. The van der Waals surface area contributed by atoms with E-state index in [2.05, 4.69) is 26.2 Å². The van der Waals surface area contributed by atoms with E-state index in [1.165, 1.54) is 0 Å². The Bertz CT molecular complexity index is 432. The van der Waals surface area contributed by atoms with E-state index in [-0.39, 0.29) is 5.91 Å². The molecule has 1 aromatic heterocycles. The Hall–Kier alpha value is -1.30. The van der Waals surface area contributed by atoms with Crippen LogP contribution in [0.4, 0.5) is 11.5 Å². The third kappa shape index (κ3) is 3.35. The highest BCUT2D eigenvalue weighted by Crippen LogP contribution is 2.19. The molecule has 1 aliphatic heterocycles. The normalized spacial score (nSPS) is 14.8. The molecule has 2 heterocycles. The number of nitrogens with zero attached hydrogens (tertiary/aromatic N) is 2. The third-order valence-corrected chi connectivity index (χ3v) is 3.41. The molecular weight excluding hydrogens is 296 g/mol. The van der Waals surface area contributed by atoms with Gasteiger partial charge < -0.3 is 16.0 Å². The van der Waals surface area contributed by atoms with Crippen LogP contribution in [0.15, 0.2) is 16.7 Å². The first-order valence-electron chi connectivity index (χ1n) is 6.09. The number of rotatable bonds is 4. The molecule has 0 radical (unpaired) electrons. The summed E-state index contributed by atoms with van der Waals surface area (Å²) in [6, 6.07) is 1.79. The van der Waals surface area contributed by atoms with Crippen molar-refractivity contribution in [2.75, 3.05) is 30.7 Å². The van der Waals surface area contributed by atoms with Crippen LogP contribution in [0.1, 0.15) is 19.3 Å². The second kappa shape index (κ2) is 6.04. The zero-order valence-corrected chi connectivity index (χ0v) is 11.7. The lowest BCUT2D eigenvalue weighted by Gasteiger charge is -2.15. The lowest BCUT2D eigenvalue weighted by atomic mass is 10.3. The first kappa shape index (κ1) is 13.1. The summed E-state index contributed by atoms with van der Waals surface area (Å²) in [5, 5.41) is 3.09. The monoisotopic (exact) mass is 312 g/mol. The van der Waals surface area contributed by atoms with Crippen LogP contribution in [0, 0.1) is 0 Å². The Kier molecular flexibility index (Phi) is 4.41. The van der Waals surface area contributed by atoms with E-state index in [1.807, 2.05) is 4.90 Å². The third-order valence-electron chi connectivity index (χ3n) is 2.97. The Morgan fingerprint density at radius 2 is 2.22 bits per heavy atom. The fourth-order valence-electron chi connectivity index (χ4n) is 2.02. The minimum absolute atomic E-state index is 0.204. The van der Waals surface area contributed by atoms with E-state index in [0.29, 0.717) is 24.5 Å². The van der Waals surface area contributed by atoms with E-state index >= 15 is 0 Å². The summed E-state index contributed by atoms with van der Waals surface area (Å²) in [5.41, 5.74) is 6.39. The molecule has 18 heavy (non-hydrogen) atoms. The fraction of sp³-hybridized carbons (Fsp3) is 0.500. The summed E-state index contributed by atoms with van der Waals surface area (Å²) in [4.78, 5) is 17.9. The largest absolute Gasteiger partial charge is 0.396 e. The first-order chi connectivity index (χ1) is 8.66.